The van der Waals surface area contributed by atoms with Gasteiger partial charge in [0.25, 0.3) is 0 Å². The molecule has 8 heteroatoms. The molecule has 0 unspecified atom stereocenters. The minimum absolute atomic E-state index is 0.882. The quantitative estimate of drug-likeness (QED) is 0.629. The molecule has 3 aromatic rings. The number of hydrogen-bond acceptors (Lipinski definition) is 6. The van der Waals surface area contributed by atoms with E-state index in [0.717, 1.165) is 33.5 Å². The highest BCUT2D eigenvalue weighted by Gasteiger charge is 2.08. The molecular weight excluding hydrogens is 340 g/mol. The van der Waals surface area contributed by atoms with Crippen molar-refractivity contribution in [2.24, 2.45) is 14.1 Å². The summed E-state index contributed by atoms with van der Waals surface area (Å²) in [7, 11) is 3.99. The van der Waals surface area contributed by atoms with Crippen molar-refractivity contribution in [3.63, 3.8) is 0 Å². The molecule has 2 aromatic heterocycles. The first-order valence-corrected chi connectivity index (χ1v) is 9.57. The summed E-state index contributed by atoms with van der Waals surface area (Å²) in [4.78, 5) is 0. The summed E-state index contributed by atoms with van der Waals surface area (Å²) in [5, 5.41) is 18.5. The zero-order chi connectivity index (χ0) is 17.1. The highest BCUT2D eigenvalue weighted by Crippen LogP contribution is 2.24. The van der Waals surface area contributed by atoms with E-state index in [1.807, 2.05) is 37.1 Å². The fourth-order valence-electron chi connectivity index (χ4n) is 2.13. The number of benzene rings is 1. The molecule has 126 valence electrons. The molecule has 0 bridgehead atoms. The summed E-state index contributed by atoms with van der Waals surface area (Å²) in [6.07, 6.45) is 0. The Morgan fingerprint density at radius 1 is 0.792 bits per heavy atom. The Bertz CT molecular complexity index is 773. The first-order valence-electron chi connectivity index (χ1n) is 7.60. The third-order valence-electron chi connectivity index (χ3n) is 3.83. The molecule has 0 aliphatic heterocycles. The molecule has 3 rings (SSSR count). The fraction of sp³-hybridized carbons (Fsp3) is 0.375. The summed E-state index contributed by atoms with van der Waals surface area (Å²) in [5.41, 5.74) is 2.57. The van der Waals surface area contributed by atoms with Crippen molar-refractivity contribution in [1.82, 2.24) is 29.5 Å². The van der Waals surface area contributed by atoms with Crippen LogP contribution in [-0.2, 0) is 25.6 Å². The van der Waals surface area contributed by atoms with Gasteiger partial charge < -0.3 is 9.13 Å². The van der Waals surface area contributed by atoms with Crippen molar-refractivity contribution in [3.8, 4) is 0 Å². The molecule has 0 saturated heterocycles. The molecule has 0 N–H and O–H groups in total. The first-order chi connectivity index (χ1) is 11.5. The minimum Gasteiger partial charge on any atom is -0.309 e. The summed E-state index contributed by atoms with van der Waals surface area (Å²) in [6, 6.07) is 8.65. The van der Waals surface area contributed by atoms with Crippen LogP contribution in [0.3, 0.4) is 0 Å². The van der Waals surface area contributed by atoms with E-state index in [0.29, 0.717) is 0 Å². The molecule has 24 heavy (non-hydrogen) atoms. The Balaban J connectivity index is 1.61. The lowest BCUT2D eigenvalue weighted by Crippen LogP contribution is -1.95. The summed E-state index contributed by atoms with van der Waals surface area (Å²) in [6.45, 7) is 3.92. The van der Waals surface area contributed by atoms with Crippen LogP contribution in [-0.4, -0.2) is 29.5 Å². The average molecular weight is 361 g/mol. The molecule has 0 aliphatic carbocycles. The molecule has 0 fully saturated rings. The number of aromatic nitrogens is 6. The van der Waals surface area contributed by atoms with Gasteiger partial charge in [-0.25, -0.2) is 0 Å². The number of aryl methyl sites for hydroxylation is 2. The van der Waals surface area contributed by atoms with Gasteiger partial charge in [-0.15, -0.1) is 20.4 Å². The Kier molecular flexibility index (Phi) is 5.25. The van der Waals surface area contributed by atoms with E-state index in [1.165, 1.54) is 11.1 Å². The number of nitrogens with zero attached hydrogens (tertiary/aromatic N) is 6. The van der Waals surface area contributed by atoms with Crippen LogP contribution < -0.4 is 0 Å². The molecule has 2 heterocycles. The second kappa shape index (κ2) is 7.40. The van der Waals surface area contributed by atoms with Crippen LogP contribution >= 0.6 is 23.5 Å². The summed E-state index contributed by atoms with van der Waals surface area (Å²) < 4.78 is 4.03. The standard InChI is InChI=1S/C16H20N6S2/c1-11-17-19-15(21(11)3)23-9-13-6-5-7-14(8-13)10-24-16-20-18-12(2)22(16)4/h5-8H,9-10H2,1-4H3. The summed E-state index contributed by atoms with van der Waals surface area (Å²) >= 11 is 3.41. The van der Waals surface area contributed by atoms with Crippen LogP contribution in [0.5, 0.6) is 0 Å². The van der Waals surface area contributed by atoms with Gasteiger partial charge in [-0.05, 0) is 25.0 Å². The van der Waals surface area contributed by atoms with Crippen LogP contribution in [0.15, 0.2) is 34.6 Å². The van der Waals surface area contributed by atoms with Crippen LogP contribution in [0.2, 0.25) is 0 Å². The molecular formula is C16H20N6S2. The Morgan fingerprint density at radius 3 is 1.62 bits per heavy atom. The van der Waals surface area contributed by atoms with Crippen molar-refractivity contribution in [2.45, 2.75) is 35.7 Å². The van der Waals surface area contributed by atoms with Gasteiger partial charge in [0.05, 0.1) is 0 Å². The lowest BCUT2D eigenvalue weighted by Gasteiger charge is -2.06. The maximum Gasteiger partial charge on any atom is 0.191 e. The molecule has 0 aliphatic rings. The van der Waals surface area contributed by atoms with E-state index < -0.39 is 0 Å². The van der Waals surface area contributed by atoms with Crippen LogP contribution in [0.1, 0.15) is 22.8 Å². The molecule has 1 aromatic carbocycles. The van der Waals surface area contributed by atoms with Gasteiger partial charge in [-0.3, -0.25) is 0 Å². The molecule has 0 amide bonds. The highest BCUT2D eigenvalue weighted by atomic mass is 32.2. The van der Waals surface area contributed by atoms with Crippen molar-refractivity contribution in [2.75, 3.05) is 0 Å². The molecule has 0 radical (unpaired) electrons. The second-order valence-electron chi connectivity index (χ2n) is 5.57. The molecule has 0 spiro atoms. The largest absolute Gasteiger partial charge is 0.309 e. The SMILES string of the molecule is Cc1nnc(SCc2cccc(CSc3nnc(C)n3C)c2)n1C. The van der Waals surface area contributed by atoms with E-state index in [-0.39, 0.29) is 0 Å². The number of rotatable bonds is 6. The van der Waals surface area contributed by atoms with Crippen molar-refractivity contribution < 1.29 is 0 Å². The lowest BCUT2D eigenvalue weighted by molar-refractivity contribution is 0.765. The second-order valence-corrected chi connectivity index (χ2v) is 7.46. The minimum atomic E-state index is 0.882. The van der Waals surface area contributed by atoms with Crippen LogP contribution in [0.25, 0.3) is 0 Å². The van der Waals surface area contributed by atoms with Gasteiger partial charge in [-0.2, -0.15) is 0 Å². The van der Waals surface area contributed by atoms with Crippen molar-refractivity contribution in [3.05, 3.63) is 47.0 Å². The van der Waals surface area contributed by atoms with Gasteiger partial charge in [0.2, 0.25) is 0 Å². The van der Waals surface area contributed by atoms with E-state index in [1.54, 1.807) is 23.5 Å². The lowest BCUT2D eigenvalue weighted by atomic mass is 10.2. The van der Waals surface area contributed by atoms with E-state index >= 15 is 0 Å². The predicted molar refractivity (Wildman–Crippen MR) is 97.0 cm³/mol. The van der Waals surface area contributed by atoms with Crippen LogP contribution in [0, 0.1) is 13.8 Å². The van der Waals surface area contributed by atoms with Gasteiger partial charge in [-0.1, -0.05) is 47.8 Å². The van der Waals surface area contributed by atoms with Crippen molar-refractivity contribution in [1.29, 1.82) is 0 Å². The average Bonchev–Trinajstić information content (AvgIpc) is 3.08. The summed E-state index contributed by atoms with van der Waals surface area (Å²) in [5.74, 6) is 3.63. The molecule has 0 atom stereocenters. The Morgan fingerprint density at radius 2 is 1.25 bits per heavy atom. The third-order valence-corrected chi connectivity index (χ3v) is 6.02. The maximum absolute atomic E-state index is 4.19. The Hall–Kier alpha value is -1.80. The van der Waals surface area contributed by atoms with E-state index in [4.69, 9.17) is 0 Å². The zero-order valence-corrected chi connectivity index (χ0v) is 15.9. The normalized spacial score (nSPS) is 11.2. The topological polar surface area (TPSA) is 61.4 Å². The first kappa shape index (κ1) is 17.0. The van der Waals surface area contributed by atoms with Gasteiger partial charge in [0, 0.05) is 25.6 Å². The van der Waals surface area contributed by atoms with Crippen LogP contribution in [0.4, 0.5) is 0 Å². The van der Waals surface area contributed by atoms with E-state index in [9.17, 15) is 0 Å². The Labute approximate surface area is 150 Å². The highest BCUT2D eigenvalue weighted by molar-refractivity contribution is 7.98. The number of thioether (sulfide) groups is 2. The van der Waals surface area contributed by atoms with Crippen molar-refractivity contribution >= 4 is 23.5 Å². The monoisotopic (exact) mass is 360 g/mol. The fourth-order valence-corrected chi connectivity index (χ4v) is 3.93. The van der Waals surface area contributed by atoms with E-state index in [2.05, 4.69) is 44.7 Å². The number of hydrogen-bond donors (Lipinski definition) is 0. The van der Waals surface area contributed by atoms with Gasteiger partial charge >= 0.3 is 0 Å². The zero-order valence-electron chi connectivity index (χ0n) is 14.2. The maximum atomic E-state index is 4.19. The third kappa shape index (κ3) is 3.81. The molecule has 0 saturated carbocycles. The predicted octanol–water partition coefficient (Wildman–Crippen LogP) is 3.15. The van der Waals surface area contributed by atoms with Gasteiger partial charge in [0.1, 0.15) is 11.6 Å². The smallest absolute Gasteiger partial charge is 0.191 e. The van der Waals surface area contributed by atoms with Gasteiger partial charge in [0.15, 0.2) is 10.3 Å². The molecule has 6 nitrogen and oxygen atoms in total.